The summed E-state index contributed by atoms with van der Waals surface area (Å²) in [7, 11) is 0. The van der Waals surface area contributed by atoms with Gasteiger partial charge < -0.3 is 10.0 Å². The molecule has 3 heterocycles. The molecule has 4 nitrogen and oxygen atoms in total. The molecule has 0 radical (unpaired) electrons. The van der Waals surface area contributed by atoms with Crippen LogP contribution in [0, 0.1) is 17.2 Å². The van der Waals surface area contributed by atoms with E-state index in [-0.39, 0.29) is 11.3 Å². The molecule has 26 heavy (non-hydrogen) atoms. The smallest absolute Gasteiger partial charge is 0.388 e. The van der Waals surface area contributed by atoms with Gasteiger partial charge in [0.25, 0.3) is 0 Å². The molecule has 1 aliphatic carbocycles. The first-order chi connectivity index (χ1) is 12.3. The average Bonchev–Trinajstić information content (AvgIpc) is 2.51. The molecule has 2 aromatic heterocycles. The molecule has 1 aliphatic heterocycles. The second-order valence-corrected chi connectivity index (χ2v) is 7.31. The van der Waals surface area contributed by atoms with Gasteiger partial charge in [0.1, 0.15) is 11.5 Å². The maximum atomic E-state index is 13.2. The number of anilines is 1. The van der Waals surface area contributed by atoms with E-state index in [1.165, 1.54) is 24.5 Å². The number of hydrogen-bond donors (Lipinski definition) is 1. The molecule has 1 N–H and O–H groups in total. The van der Waals surface area contributed by atoms with Crippen molar-refractivity contribution < 1.29 is 22.7 Å². The summed E-state index contributed by atoms with van der Waals surface area (Å²) in [5.41, 5.74) is 0.330. The summed E-state index contributed by atoms with van der Waals surface area (Å²) in [5.74, 6) is -0.424. The number of alkyl halides is 3. The van der Waals surface area contributed by atoms with Gasteiger partial charge in [0, 0.05) is 30.3 Å². The fourth-order valence-corrected chi connectivity index (χ4v) is 4.08. The molecule has 1 spiro atoms. The van der Waals surface area contributed by atoms with Gasteiger partial charge in [-0.2, -0.15) is 13.2 Å². The largest absolute Gasteiger partial charge is 0.433 e. The van der Waals surface area contributed by atoms with Crippen LogP contribution in [0.3, 0.4) is 0 Å². The number of pyridine rings is 2. The Morgan fingerprint density at radius 2 is 1.88 bits per heavy atom. The third-order valence-electron chi connectivity index (χ3n) is 5.36. The van der Waals surface area contributed by atoms with Crippen molar-refractivity contribution in [1.29, 1.82) is 0 Å². The number of halogens is 4. The number of nitrogens with zero attached hydrogens (tertiary/aromatic N) is 3. The summed E-state index contributed by atoms with van der Waals surface area (Å²) in [6.45, 7) is 1.45. The zero-order valence-corrected chi connectivity index (χ0v) is 13.7. The van der Waals surface area contributed by atoms with E-state index in [1.54, 1.807) is 0 Å². The summed E-state index contributed by atoms with van der Waals surface area (Å²) in [5, 5.41) is 10.4. The van der Waals surface area contributed by atoms with E-state index in [4.69, 9.17) is 0 Å². The second kappa shape index (κ2) is 5.90. The Kier molecular flexibility index (Phi) is 3.91. The second-order valence-electron chi connectivity index (χ2n) is 7.31. The maximum Gasteiger partial charge on any atom is 0.433 e. The van der Waals surface area contributed by atoms with E-state index in [2.05, 4.69) is 9.97 Å². The van der Waals surface area contributed by atoms with E-state index >= 15 is 0 Å². The van der Waals surface area contributed by atoms with Crippen LogP contribution < -0.4 is 4.90 Å². The Hall–Kier alpha value is -2.22. The predicted molar refractivity (Wildman–Crippen MR) is 85.8 cm³/mol. The van der Waals surface area contributed by atoms with Crippen LogP contribution in [0.15, 0.2) is 36.8 Å². The minimum Gasteiger partial charge on any atom is -0.388 e. The van der Waals surface area contributed by atoms with Gasteiger partial charge >= 0.3 is 6.18 Å². The van der Waals surface area contributed by atoms with Crippen molar-refractivity contribution in [3.63, 3.8) is 0 Å². The molecule has 0 aromatic carbocycles. The molecule has 1 unspecified atom stereocenters. The fraction of sp³-hybridized carbons (Fsp3) is 0.444. The molecular weight excluding hydrogens is 350 g/mol. The molecule has 0 amide bonds. The third-order valence-corrected chi connectivity index (χ3v) is 5.36. The van der Waals surface area contributed by atoms with E-state index in [9.17, 15) is 22.7 Å². The molecule has 8 heteroatoms. The maximum absolute atomic E-state index is 13.2. The first-order valence-corrected chi connectivity index (χ1v) is 8.33. The Bertz CT molecular complexity index is 795. The van der Waals surface area contributed by atoms with E-state index in [0.717, 1.165) is 38.2 Å². The van der Waals surface area contributed by atoms with Crippen molar-refractivity contribution >= 4 is 5.69 Å². The third kappa shape index (κ3) is 3.02. The summed E-state index contributed by atoms with van der Waals surface area (Å²) < 4.78 is 50.9. The quantitative estimate of drug-likeness (QED) is 0.843. The van der Waals surface area contributed by atoms with Crippen molar-refractivity contribution in [1.82, 2.24) is 9.97 Å². The van der Waals surface area contributed by atoms with Crippen molar-refractivity contribution in [3.8, 4) is 0 Å². The van der Waals surface area contributed by atoms with Gasteiger partial charge in [-0.15, -0.1) is 0 Å². The van der Waals surface area contributed by atoms with E-state index in [1.807, 2.05) is 4.90 Å². The van der Waals surface area contributed by atoms with Crippen molar-refractivity contribution in [2.75, 3.05) is 18.0 Å². The van der Waals surface area contributed by atoms with Crippen LogP contribution in [0.25, 0.3) is 0 Å². The van der Waals surface area contributed by atoms with Crippen LogP contribution in [-0.4, -0.2) is 28.2 Å². The molecule has 2 aliphatic rings. The lowest BCUT2D eigenvalue weighted by Gasteiger charge is -2.60. The van der Waals surface area contributed by atoms with E-state index < -0.39 is 23.8 Å². The zero-order valence-electron chi connectivity index (χ0n) is 13.7. The van der Waals surface area contributed by atoms with Gasteiger partial charge in [-0.05, 0) is 37.0 Å². The molecule has 0 bridgehead atoms. The van der Waals surface area contributed by atoms with Crippen molar-refractivity contribution in [2.24, 2.45) is 11.3 Å². The molecule has 138 valence electrons. The lowest BCUT2D eigenvalue weighted by Crippen LogP contribution is -2.63. The zero-order chi connectivity index (χ0) is 18.5. The molecule has 1 saturated heterocycles. The van der Waals surface area contributed by atoms with Crippen LogP contribution in [0.1, 0.15) is 30.2 Å². The minimum atomic E-state index is -4.43. The number of aliphatic hydroxyl groups excluding tert-OH is 1. The number of aromatic nitrogens is 2. The lowest BCUT2D eigenvalue weighted by atomic mass is 9.56. The van der Waals surface area contributed by atoms with Gasteiger partial charge in [0.2, 0.25) is 0 Å². The van der Waals surface area contributed by atoms with Crippen LogP contribution in [-0.2, 0) is 6.18 Å². The van der Waals surface area contributed by atoms with Crippen molar-refractivity contribution in [2.45, 2.75) is 25.1 Å². The van der Waals surface area contributed by atoms with Gasteiger partial charge in [-0.25, -0.2) is 9.37 Å². The summed E-state index contributed by atoms with van der Waals surface area (Å²) in [6, 6.07) is 3.72. The summed E-state index contributed by atoms with van der Waals surface area (Å²) >= 11 is 0. The Labute approximate surface area is 147 Å². The normalized spacial score (nSPS) is 20.6. The number of rotatable bonds is 3. The van der Waals surface area contributed by atoms with Gasteiger partial charge in [-0.3, -0.25) is 4.98 Å². The predicted octanol–water partition coefficient (Wildman–Crippen LogP) is 3.58. The van der Waals surface area contributed by atoms with Gasteiger partial charge in [0.05, 0.1) is 24.2 Å². The highest BCUT2D eigenvalue weighted by molar-refractivity contribution is 5.49. The topological polar surface area (TPSA) is 49.3 Å². The van der Waals surface area contributed by atoms with Crippen LogP contribution in [0.5, 0.6) is 0 Å². The highest BCUT2D eigenvalue weighted by Crippen LogP contribution is 2.56. The summed E-state index contributed by atoms with van der Waals surface area (Å²) in [6.07, 6.45) is 0.243. The lowest BCUT2D eigenvalue weighted by molar-refractivity contribution is -0.141. The van der Waals surface area contributed by atoms with Gasteiger partial charge in [-0.1, -0.05) is 0 Å². The van der Waals surface area contributed by atoms with Crippen LogP contribution in [0.4, 0.5) is 23.2 Å². The molecule has 1 atom stereocenters. The first kappa shape index (κ1) is 17.2. The highest BCUT2D eigenvalue weighted by Gasteiger charge is 2.54. The molecule has 1 saturated carbocycles. The molecular formula is C18H17F4N3O. The number of hydrogen-bond acceptors (Lipinski definition) is 4. The summed E-state index contributed by atoms with van der Waals surface area (Å²) in [4.78, 5) is 9.23. The molecule has 2 fully saturated rings. The molecule has 4 rings (SSSR count). The SMILES string of the molecule is OC(c1cncc(F)c1)C1CC2(C1)CN(c1ccc(C(F)(F)F)nc1)C2. The molecule has 2 aromatic rings. The Morgan fingerprint density at radius 3 is 2.46 bits per heavy atom. The standard InChI is InChI=1S/C18H17F4N3O/c19-13-3-11(6-23-7-13)16(26)12-4-17(5-12)9-25(10-17)14-1-2-15(24-8-14)18(20,21)22/h1-3,6-8,12,16,26H,4-5,9-10H2. The minimum absolute atomic E-state index is 0.0477. The highest BCUT2D eigenvalue weighted by atomic mass is 19.4. The van der Waals surface area contributed by atoms with Crippen LogP contribution in [0.2, 0.25) is 0 Å². The monoisotopic (exact) mass is 367 g/mol. The Morgan fingerprint density at radius 1 is 1.15 bits per heavy atom. The van der Waals surface area contributed by atoms with Gasteiger partial charge in [0.15, 0.2) is 0 Å². The number of aliphatic hydroxyl groups is 1. The van der Waals surface area contributed by atoms with Crippen molar-refractivity contribution in [3.05, 3.63) is 53.9 Å². The Balaban J connectivity index is 1.33. The van der Waals surface area contributed by atoms with E-state index in [0.29, 0.717) is 11.3 Å². The van der Waals surface area contributed by atoms with Crippen LogP contribution >= 0.6 is 0 Å². The average molecular weight is 367 g/mol. The fourth-order valence-electron chi connectivity index (χ4n) is 4.08. The first-order valence-electron chi connectivity index (χ1n) is 8.33.